The molecule has 0 spiro atoms. The van der Waals surface area contributed by atoms with Crippen LogP contribution in [0.4, 0.5) is 4.79 Å². The SMILES string of the molecule is COC(=O)Oc1ccc(C(=O)CC(C)=O)o1. The molecule has 0 saturated heterocycles. The zero-order chi connectivity index (χ0) is 12.1. The van der Waals surface area contributed by atoms with Gasteiger partial charge in [0.2, 0.25) is 5.78 Å². The van der Waals surface area contributed by atoms with Crippen molar-refractivity contribution in [3.05, 3.63) is 17.9 Å². The fourth-order valence-corrected chi connectivity index (χ4v) is 0.962. The lowest BCUT2D eigenvalue weighted by Crippen LogP contribution is -2.06. The van der Waals surface area contributed by atoms with E-state index in [2.05, 4.69) is 9.47 Å². The molecule has 0 aliphatic rings. The molecule has 0 aliphatic carbocycles. The van der Waals surface area contributed by atoms with E-state index in [0.717, 1.165) is 7.11 Å². The molecule has 86 valence electrons. The summed E-state index contributed by atoms with van der Waals surface area (Å²) in [6, 6.07) is 2.62. The lowest BCUT2D eigenvalue weighted by molar-refractivity contribution is -0.116. The second-order valence-corrected chi connectivity index (χ2v) is 2.98. The molecule has 1 heterocycles. The maximum atomic E-state index is 11.3. The number of hydrogen-bond acceptors (Lipinski definition) is 6. The third-order valence-electron chi connectivity index (χ3n) is 1.62. The number of ketones is 2. The number of ether oxygens (including phenoxy) is 2. The Morgan fingerprint density at radius 3 is 2.56 bits per heavy atom. The van der Waals surface area contributed by atoms with Crippen LogP contribution in [0.25, 0.3) is 0 Å². The zero-order valence-corrected chi connectivity index (χ0v) is 8.81. The Morgan fingerprint density at radius 2 is 2.00 bits per heavy atom. The van der Waals surface area contributed by atoms with Crippen LogP contribution in [0.2, 0.25) is 0 Å². The standard InChI is InChI=1S/C10H10O6/c1-6(11)5-7(12)8-3-4-9(15-8)16-10(13)14-2/h3-4H,5H2,1-2H3. The van der Waals surface area contributed by atoms with Crippen molar-refractivity contribution in [1.82, 2.24) is 0 Å². The fourth-order valence-electron chi connectivity index (χ4n) is 0.962. The van der Waals surface area contributed by atoms with Crippen molar-refractivity contribution in [2.24, 2.45) is 0 Å². The van der Waals surface area contributed by atoms with E-state index < -0.39 is 11.9 Å². The molecule has 0 atom stereocenters. The van der Waals surface area contributed by atoms with E-state index in [1.54, 1.807) is 0 Å². The first-order valence-electron chi connectivity index (χ1n) is 4.41. The summed E-state index contributed by atoms with van der Waals surface area (Å²) in [6.45, 7) is 1.30. The Balaban J connectivity index is 2.67. The summed E-state index contributed by atoms with van der Waals surface area (Å²) >= 11 is 0. The molecule has 0 saturated carbocycles. The van der Waals surface area contributed by atoms with Crippen molar-refractivity contribution >= 4 is 17.7 Å². The van der Waals surface area contributed by atoms with Gasteiger partial charge in [-0.1, -0.05) is 0 Å². The second kappa shape index (κ2) is 5.11. The normalized spacial score (nSPS) is 9.62. The van der Waals surface area contributed by atoms with Crippen molar-refractivity contribution < 1.29 is 28.3 Å². The Kier molecular flexibility index (Phi) is 3.82. The van der Waals surface area contributed by atoms with Crippen molar-refractivity contribution in [2.45, 2.75) is 13.3 Å². The molecule has 0 aliphatic heterocycles. The lowest BCUT2D eigenvalue weighted by Gasteiger charge is -1.97. The predicted octanol–water partition coefficient (Wildman–Crippen LogP) is 1.59. The third kappa shape index (κ3) is 3.23. The highest BCUT2D eigenvalue weighted by molar-refractivity contribution is 6.05. The van der Waals surface area contributed by atoms with E-state index in [4.69, 9.17) is 4.42 Å². The Morgan fingerprint density at radius 1 is 1.31 bits per heavy atom. The first-order chi connectivity index (χ1) is 7.52. The number of carbonyl (C=O) groups is 3. The van der Waals surface area contributed by atoms with Crippen LogP contribution in [0.1, 0.15) is 23.9 Å². The van der Waals surface area contributed by atoms with Crippen LogP contribution in [0.3, 0.4) is 0 Å². The van der Waals surface area contributed by atoms with E-state index in [0.29, 0.717) is 0 Å². The van der Waals surface area contributed by atoms with Gasteiger partial charge >= 0.3 is 6.16 Å². The van der Waals surface area contributed by atoms with Gasteiger partial charge in [-0.25, -0.2) is 4.79 Å². The Labute approximate surface area is 91.1 Å². The molecule has 1 aromatic heterocycles. The highest BCUT2D eigenvalue weighted by atomic mass is 16.7. The molecule has 1 aromatic rings. The van der Waals surface area contributed by atoms with Crippen molar-refractivity contribution in [3.63, 3.8) is 0 Å². The highest BCUT2D eigenvalue weighted by Gasteiger charge is 2.15. The van der Waals surface area contributed by atoms with Gasteiger partial charge in [0, 0.05) is 6.07 Å². The Bertz CT molecular complexity index is 417. The van der Waals surface area contributed by atoms with Gasteiger partial charge in [-0.2, -0.15) is 0 Å². The minimum absolute atomic E-state index is 0.0332. The molecule has 0 radical (unpaired) electrons. The summed E-state index contributed by atoms with van der Waals surface area (Å²) in [4.78, 5) is 32.7. The summed E-state index contributed by atoms with van der Waals surface area (Å²) in [5.74, 6) is -0.920. The maximum Gasteiger partial charge on any atom is 0.516 e. The third-order valence-corrected chi connectivity index (χ3v) is 1.62. The molecule has 0 aromatic carbocycles. The number of carbonyl (C=O) groups excluding carboxylic acids is 3. The van der Waals surface area contributed by atoms with Gasteiger partial charge in [0.05, 0.1) is 13.5 Å². The lowest BCUT2D eigenvalue weighted by atomic mass is 10.2. The first-order valence-corrected chi connectivity index (χ1v) is 4.41. The molecule has 0 amide bonds. The average Bonchev–Trinajstić information content (AvgIpc) is 2.65. The van der Waals surface area contributed by atoms with Gasteiger partial charge < -0.3 is 13.9 Å². The summed E-state index contributed by atoms with van der Waals surface area (Å²) in [5.41, 5.74) is 0. The van der Waals surface area contributed by atoms with E-state index in [9.17, 15) is 14.4 Å². The smallest absolute Gasteiger partial charge is 0.437 e. The van der Waals surface area contributed by atoms with Crippen molar-refractivity contribution in [2.75, 3.05) is 7.11 Å². The summed E-state index contributed by atoms with van der Waals surface area (Å²) in [5, 5.41) is 0. The van der Waals surface area contributed by atoms with E-state index in [1.165, 1.54) is 19.1 Å². The van der Waals surface area contributed by atoms with Gasteiger partial charge in [0.15, 0.2) is 5.76 Å². The van der Waals surface area contributed by atoms with Crippen LogP contribution in [-0.4, -0.2) is 24.8 Å². The monoisotopic (exact) mass is 226 g/mol. The van der Waals surface area contributed by atoms with Gasteiger partial charge in [0.1, 0.15) is 5.78 Å². The van der Waals surface area contributed by atoms with Gasteiger partial charge in [-0.3, -0.25) is 9.59 Å². The van der Waals surface area contributed by atoms with Gasteiger partial charge in [0.25, 0.3) is 5.95 Å². The van der Waals surface area contributed by atoms with Crippen LogP contribution < -0.4 is 4.74 Å². The van der Waals surface area contributed by atoms with Crippen LogP contribution in [0.5, 0.6) is 5.95 Å². The van der Waals surface area contributed by atoms with E-state index in [1.807, 2.05) is 0 Å². The molecule has 0 fully saturated rings. The number of methoxy groups -OCH3 is 1. The molecule has 0 unspecified atom stereocenters. The number of rotatable bonds is 4. The van der Waals surface area contributed by atoms with Gasteiger partial charge in [-0.15, -0.1) is 0 Å². The fraction of sp³-hybridized carbons (Fsp3) is 0.300. The summed E-state index contributed by atoms with van der Waals surface area (Å²) in [7, 11) is 1.15. The first kappa shape index (κ1) is 12.0. The summed E-state index contributed by atoms with van der Waals surface area (Å²) in [6.07, 6.45) is -1.19. The Hall–Kier alpha value is -2.11. The predicted molar refractivity (Wildman–Crippen MR) is 51.4 cm³/mol. The number of hydrogen-bond donors (Lipinski definition) is 0. The second-order valence-electron chi connectivity index (χ2n) is 2.98. The van der Waals surface area contributed by atoms with Crippen LogP contribution in [0, 0.1) is 0 Å². The quantitative estimate of drug-likeness (QED) is 0.440. The number of furan rings is 1. The minimum atomic E-state index is -0.945. The van der Waals surface area contributed by atoms with Crippen LogP contribution >= 0.6 is 0 Å². The van der Waals surface area contributed by atoms with Gasteiger partial charge in [-0.05, 0) is 13.0 Å². The molecule has 0 bridgehead atoms. The molecular formula is C10H10O6. The summed E-state index contributed by atoms with van der Waals surface area (Å²) < 4.78 is 13.7. The molecule has 6 nitrogen and oxygen atoms in total. The van der Waals surface area contributed by atoms with Crippen LogP contribution in [0.15, 0.2) is 16.5 Å². The molecule has 0 N–H and O–H groups in total. The molecular weight excluding hydrogens is 216 g/mol. The van der Waals surface area contributed by atoms with Crippen LogP contribution in [-0.2, 0) is 9.53 Å². The average molecular weight is 226 g/mol. The van der Waals surface area contributed by atoms with Crippen molar-refractivity contribution in [3.8, 4) is 5.95 Å². The van der Waals surface area contributed by atoms with E-state index >= 15 is 0 Å². The molecule has 16 heavy (non-hydrogen) atoms. The largest absolute Gasteiger partial charge is 0.516 e. The molecule has 6 heteroatoms. The molecule has 1 rings (SSSR count). The minimum Gasteiger partial charge on any atom is -0.437 e. The number of Topliss-reactive ketones (excluding diaryl/α,β-unsaturated/α-hetero) is 2. The topological polar surface area (TPSA) is 82.8 Å². The van der Waals surface area contributed by atoms with Crippen molar-refractivity contribution in [1.29, 1.82) is 0 Å². The zero-order valence-electron chi connectivity index (χ0n) is 8.81. The highest BCUT2D eigenvalue weighted by Crippen LogP contribution is 2.17. The maximum absolute atomic E-state index is 11.3. The van der Waals surface area contributed by atoms with E-state index in [-0.39, 0.29) is 23.9 Å².